The second-order valence-electron chi connectivity index (χ2n) is 7.07. The molecule has 0 aromatic heterocycles. The third kappa shape index (κ3) is 5.34. The van der Waals surface area contributed by atoms with Crippen molar-refractivity contribution in [2.24, 2.45) is 0 Å². The highest BCUT2D eigenvalue weighted by Gasteiger charge is 2.24. The molecule has 1 fully saturated rings. The lowest BCUT2D eigenvalue weighted by atomic mass is 10.1. The second-order valence-corrected chi connectivity index (χ2v) is 7.50. The van der Waals surface area contributed by atoms with E-state index in [2.05, 4.69) is 9.64 Å². The van der Waals surface area contributed by atoms with Gasteiger partial charge in [-0.15, -0.1) is 0 Å². The molecule has 0 N–H and O–H groups in total. The Morgan fingerprint density at radius 3 is 2.43 bits per heavy atom. The fourth-order valence-electron chi connectivity index (χ4n) is 3.44. The first-order valence-corrected chi connectivity index (χ1v) is 9.89. The summed E-state index contributed by atoms with van der Waals surface area (Å²) in [6.45, 7) is 3.28. The van der Waals surface area contributed by atoms with E-state index in [1.165, 1.54) is 19.2 Å². The van der Waals surface area contributed by atoms with E-state index in [4.69, 9.17) is 11.6 Å². The quantitative estimate of drug-likeness (QED) is 0.409. The lowest BCUT2D eigenvalue weighted by molar-refractivity contribution is -0.384. The van der Waals surface area contributed by atoms with Crippen LogP contribution >= 0.6 is 11.6 Å². The number of nitro benzene ring substituents is 1. The summed E-state index contributed by atoms with van der Waals surface area (Å²) < 4.78 is 4.65. The molecule has 2 aromatic rings. The number of methoxy groups -OCH3 is 1. The van der Waals surface area contributed by atoms with E-state index >= 15 is 0 Å². The van der Waals surface area contributed by atoms with E-state index in [1.54, 1.807) is 4.90 Å². The molecule has 0 saturated carbocycles. The van der Waals surface area contributed by atoms with E-state index in [9.17, 15) is 19.7 Å². The number of nitro groups is 1. The Balaban J connectivity index is 1.72. The number of halogens is 1. The first kappa shape index (κ1) is 21.7. The average molecular weight is 432 g/mol. The summed E-state index contributed by atoms with van der Waals surface area (Å²) in [4.78, 5) is 39.4. The molecule has 0 spiro atoms. The molecule has 9 heteroatoms. The molecule has 158 valence electrons. The zero-order valence-electron chi connectivity index (χ0n) is 16.5. The second kappa shape index (κ2) is 9.69. The van der Waals surface area contributed by atoms with Crippen LogP contribution in [0.4, 0.5) is 5.69 Å². The highest BCUT2D eigenvalue weighted by atomic mass is 35.5. The zero-order chi connectivity index (χ0) is 21.7. The molecule has 0 radical (unpaired) electrons. The average Bonchev–Trinajstić information content (AvgIpc) is 2.99. The minimum atomic E-state index is -0.724. The first-order chi connectivity index (χ1) is 14.4. The van der Waals surface area contributed by atoms with Crippen molar-refractivity contribution in [3.63, 3.8) is 0 Å². The van der Waals surface area contributed by atoms with E-state index in [0.29, 0.717) is 24.7 Å². The fraction of sp³-hybridized carbons (Fsp3) is 0.333. The number of amides is 1. The predicted molar refractivity (Wildman–Crippen MR) is 112 cm³/mol. The minimum Gasteiger partial charge on any atom is -0.465 e. The third-order valence-corrected chi connectivity index (χ3v) is 5.24. The lowest BCUT2D eigenvalue weighted by Gasteiger charge is -2.22. The van der Waals surface area contributed by atoms with Gasteiger partial charge in [0.1, 0.15) is 0 Å². The Morgan fingerprint density at radius 1 is 1.07 bits per heavy atom. The van der Waals surface area contributed by atoms with Gasteiger partial charge in [0.15, 0.2) is 0 Å². The van der Waals surface area contributed by atoms with Gasteiger partial charge in [-0.1, -0.05) is 23.7 Å². The van der Waals surface area contributed by atoms with Gasteiger partial charge in [0.25, 0.3) is 11.6 Å². The van der Waals surface area contributed by atoms with Crippen molar-refractivity contribution in [2.45, 2.75) is 13.0 Å². The molecule has 0 atom stereocenters. The van der Waals surface area contributed by atoms with Crippen molar-refractivity contribution in [3.8, 4) is 0 Å². The van der Waals surface area contributed by atoms with Crippen LogP contribution in [0.1, 0.15) is 32.7 Å². The SMILES string of the molecule is COC(=O)c1cc(C(=O)N2CCCN(Cc3ccc(Cl)cc3)CC2)cc([N+](=O)[O-])c1. The Bertz CT molecular complexity index is 948. The monoisotopic (exact) mass is 431 g/mol. The predicted octanol–water partition coefficient (Wildman–Crippen LogP) is 3.38. The maximum atomic E-state index is 13.0. The standard InChI is InChI=1S/C21H22ClN3O5/c1-30-21(27)17-11-16(12-19(13-17)25(28)29)20(26)24-8-2-7-23(9-10-24)14-15-3-5-18(22)6-4-15/h3-6,11-13H,2,7-10,14H2,1H3. The number of carbonyl (C=O) groups excluding carboxylic acids is 2. The smallest absolute Gasteiger partial charge is 0.338 e. The van der Waals surface area contributed by atoms with Gasteiger partial charge in [-0.25, -0.2) is 4.79 Å². The molecular weight excluding hydrogens is 410 g/mol. The van der Waals surface area contributed by atoms with Crippen molar-refractivity contribution in [2.75, 3.05) is 33.3 Å². The molecule has 2 aromatic carbocycles. The van der Waals surface area contributed by atoms with Crippen molar-refractivity contribution < 1.29 is 19.2 Å². The molecule has 0 aliphatic carbocycles. The largest absolute Gasteiger partial charge is 0.465 e. The first-order valence-electron chi connectivity index (χ1n) is 9.51. The van der Waals surface area contributed by atoms with Gasteiger partial charge in [0.2, 0.25) is 0 Å². The molecule has 3 rings (SSSR count). The van der Waals surface area contributed by atoms with Gasteiger partial charge in [0, 0.05) is 55.4 Å². The molecule has 1 aliphatic rings. The van der Waals surface area contributed by atoms with Crippen LogP contribution in [0.15, 0.2) is 42.5 Å². The summed E-state index contributed by atoms with van der Waals surface area (Å²) in [5.41, 5.74) is 0.908. The van der Waals surface area contributed by atoms with Crippen LogP contribution in [0.3, 0.4) is 0 Å². The maximum Gasteiger partial charge on any atom is 0.338 e. The highest BCUT2D eigenvalue weighted by Crippen LogP contribution is 2.20. The van der Waals surface area contributed by atoms with Crippen LogP contribution < -0.4 is 0 Å². The van der Waals surface area contributed by atoms with Crippen molar-refractivity contribution in [1.82, 2.24) is 9.80 Å². The van der Waals surface area contributed by atoms with Crippen LogP contribution in [0, 0.1) is 10.1 Å². The number of hydrogen-bond donors (Lipinski definition) is 0. The number of nitrogens with zero attached hydrogens (tertiary/aromatic N) is 3. The van der Waals surface area contributed by atoms with Crippen LogP contribution in [0.2, 0.25) is 5.02 Å². The lowest BCUT2D eigenvalue weighted by Crippen LogP contribution is -2.35. The number of benzene rings is 2. The summed E-state index contributed by atoms with van der Waals surface area (Å²) in [7, 11) is 1.19. The van der Waals surface area contributed by atoms with Gasteiger partial charge in [-0.05, 0) is 30.2 Å². The molecule has 1 amide bonds. The van der Waals surface area contributed by atoms with Gasteiger partial charge in [-0.2, -0.15) is 0 Å². The van der Waals surface area contributed by atoms with E-state index in [-0.39, 0.29) is 22.7 Å². The molecule has 30 heavy (non-hydrogen) atoms. The van der Waals surface area contributed by atoms with E-state index in [1.807, 2.05) is 24.3 Å². The van der Waals surface area contributed by atoms with Crippen LogP contribution in [0.25, 0.3) is 0 Å². The van der Waals surface area contributed by atoms with Crippen LogP contribution in [-0.2, 0) is 11.3 Å². The molecule has 8 nitrogen and oxygen atoms in total. The van der Waals surface area contributed by atoms with Crippen molar-refractivity contribution in [3.05, 3.63) is 74.3 Å². The highest BCUT2D eigenvalue weighted by molar-refractivity contribution is 6.30. The van der Waals surface area contributed by atoms with Crippen LogP contribution in [0.5, 0.6) is 0 Å². The number of non-ortho nitro benzene ring substituents is 1. The third-order valence-electron chi connectivity index (χ3n) is 4.99. The topological polar surface area (TPSA) is 93.0 Å². The molecule has 1 saturated heterocycles. The van der Waals surface area contributed by atoms with Gasteiger partial charge in [0.05, 0.1) is 17.6 Å². The molecule has 0 bridgehead atoms. The van der Waals surface area contributed by atoms with Crippen molar-refractivity contribution >= 4 is 29.2 Å². The number of rotatable bonds is 5. The molecule has 1 heterocycles. The van der Waals surface area contributed by atoms with Crippen LogP contribution in [-0.4, -0.2) is 59.9 Å². The normalized spacial score (nSPS) is 14.8. The zero-order valence-corrected chi connectivity index (χ0v) is 17.3. The summed E-state index contributed by atoms with van der Waals surface area (Å²) in [5, 5.41) is 11.9. The molecule has 1 aliphatic heterocycles. The number of carbonyl (C=O) groups is 2. The van der Waals surface area contributed by atoms with Gasteiger partial charge < -0.3 is 9.64 Å². The Labute approximate surface area is 179 Å². The number of ether oxygens (including phenoxy) is 1. The number of esters is 1. The summed E-state index contributed by atoms with van der Waals surface area (Å²) in [6, 6.07) is 11.3. The summed E-state index contributed by atoms with van der Waals surface area (Å²) >= 11 is 5.93. The Kier molecular flexibility index (Phi) is 7.02. The maximum absolute atomic E-state index is 13.0. The van der Waals surface area contributed by atoms with E-state index in [0.717, 1.165) is 31.1 Å². The van der Waals surface area contributed by atoms with Gasteiger partial charge in [-0.3, -0.25) is 19.8 Å². The number of hydrogen-bond acceptors (Lipinski definition) is 6. The Hall–Kier alpha value is -2.97. The molecule has 0 unspecified atom stereocenters. The van der Waals surface area contributed by atoms with Crippen molar-refractivity contribution in [1.29, 1.82) is 0 Å². The Morgan fingerprint density at radius 2 is 1.77 bits per heavy atom. The summed E-state index contributed by atoms with van der Waals surface area (Å²) in [6.07, 6.45) is 0.776. The minimum absolute atomic E-state index is 0.0192. The molecular formula is C21H22ClN3O5. The summed E-state index contributed by atoms with van der Waals surface area (Å²) in [5.74, 6) is -1.06. The van der Waals surface area contributed by atoms with Gasteiger partial charge >= 0.3 is 5.97 Å². The van der Waals surface area contributed by atoms with E-state index < -0.39 is 10.9 Å². The fourth-order valence-corrected chi connectivity index (χ4v) is 3.56.